The fraction of sp³-hybridized carbons (Fsp3) is 0.438. The number of aromatic nitrogens is 1. The van der Waals surface area contributed by atoms with Gasteiger partial charge in [0.15, 0.2) is 0 Å². The Bertz CT molecular complexity index is 550. The molecule has 0 spiro atoms. The smallest absolute Gasteiger partial charge is 0.0705 e. The van der Waals surface area contributed by atoms with Gasteiger partial charge in [0.05, 0.1) is 5.52 Å². The summed E-state index contributed by atoms with van der Waals surface area (Å²) in [5.74, 6) is 1.38. The molecule has 2 nitrogen and oxygen atoms in total. The highest BCUT2D eigenvalue weighted by molar-refractivity contribution is 5.78. The SMILES string of the molecule is CC1CCCC1C(N)c1ccc2cccnc2c1. The second-order valence-electron chi connectivity index (χ2n) is 5.55. The van der Waals surface area contributed by atoms with Crippen molar-refractivity contribution in [3.05, 3.63) is 42.1 Å². The summed E-state index contributed by atoms with van der Waals surface area (Å²) >= 11 is 0. The molecule has 2 aromatic rings. The zero-order valence-electron chi connectivity index (χ0n) is 10.8. The average molecular weight is 240 g/mol. The van der Waals surface area contributed by atoms with Crippen LogP contribution in [0.4, 0.5) is 0 Å². The second kappa shape index (κ2) is 4.69. The first kappa shape index (κ1) is 11.7. The van der Waals surface area contributed by atoms with Gasteiger partial charge in [-0.15, -0.1) is 0 Å². The summed E-state index contributed by atoms with van der Waals surface area (Å²) < 4.78 is 0. The van der Waals surface area contributed by atoms with Crippen LogP contribution in [0, 0.1) is 11.8 Å². The number of benzene rings is 1. The van der Waals surface area contributed by atoms with E-state index in [0.29, 0.717) is 5.92 Å². The van der Waals surface area contributed by atoms with E-state index in [4.69, 9.17) is 5.73 Å². The van der Waals surface area contributed by atoms with Crippen LogP contribution in [0.25, 0.3) is 10.9 Å². The summed E-state index contributed by atoms with van der Waals surface area (Å²) in [4.78, 5) is 4.41. The molecule has 3 unspecified atom stereocenters. The fourth-order valence-corrected chi connectivity index (χ4v) is 3.25. The van der Waals surface area contributed by atoms with Crippen molar-refractivity contribution < 1.29 is 0 Å². The van der Waals surface area contributed by atoms with Crippen molar-refractivity contribution in [3.63, 3.8) is 0 Å². The summed E-state index contributed by atoms with van der Waals surface area (Å²) in [5.41, 5.74) is 8.74. The van der Waals surface area contributed by atoms with Gasteiger partial charge in [0.1, 0.15) is 0 Å². The van der Waals surface area contributed by atoms with Gasteiger partial charge in [-0.3, -0.25) is 4.98 Å². The second-order valence-corrected chi connectivity index (χ2v) is 5.55. The first-order chi connectivity index (χ1) is 8.75. The molecular formula is C16H20N2. The zero-order valence-corrected chi connectivity index (χ0v) is 10.8. The number of fused-ring (bicyclic) bond motifs is 1. The Morgan fingerprint density at radius 1 is 1.28 bits per heavy atom. The topological polar surface area (TPSA) is 38.9 Å². The van der Waals surface area contributed by atoms with Gasteiger partial charge < -0.3 is 5.73 Å². The highest BCUT2D eigenvalue weighted by Gasteiger charge is 2.29. The van der Waals surface area contributed by atoms with Gasteiger partial charge in [-0.2, -0.15) is 0 Å². The van der Waals surface area contributed by atoms with E-state index in [1.54, 1.807) is 0 Å². The minimum Gasteiger partial charge on any atom is -0.324 e. The van der Waals surface area contributed by atoms with E-state index in [1.807, 2.05) is 12.3 Å². The lowest BCUT2D eigenvalue weighted by molar-refractivity contribution is 0.351. The molecule has 3 atom stereocenters. The zero-order chi connectivity index (χ0) is 12.5. The van der Waals surface area contributed by atoms with Crippen LogP contribution in [0.2, 0.25) is 0 Å². The van der Waals surface area contributed by atoms with Gasteiger partial charge in [0.2, 0.25) is 0 Å². The van der Waals surface area contributed by atoms with Crippen molar-refractivity contribution in [3.8, 4) is 0 Å². The van der Waals surface area contributed by atoms with E-state index < -0.39 is 0 Å². The largest absolute Gasteiger partial charge is 0.324 e. The quantitative estimate of drug-likeness (QED) is 0.869. The molecule has 0 bridgehead atoms. The molecule has 1 aromatic heterocycles. The fourth-order valence-electron chi connectivity index (χ4n) is 3.25. The number of nitrogens with zero attached hydrogens (tertiary/aromatic N) is 1. The number of hydrogen-bond donors (Lipinski definition) is 1. The Hall–Kier alpha value is -1.41. The first-order valence-electron chi connectivity index (χ1n) is 6.86. The van der Waals surface area contributed by atoms with E-state index in [-0.39, 0.29) is 6.04 Å². The van der Waals surface area contributed by atoms with Crippen LogP contribution in [0.5, 0.6) is 0 Å². The molecule has 0 radical (unpaired) electrons. The molecule has 2 N–H and O–H groups in total. The molecule has 1 aliphatic carbocycles. The molecule has 0 amide bonds. The van der Waals surface area contributed by atoms with E-state index in [1.165, 1.54) is 30.2 Å². The van der Waals surface area contributed by atoms with Crippen LogP contribution in [0.1, 0.15) is 37.8 Å². The normalized spacial score (nSPS) is 25.4. The monoisotopic (exact) mass is 240 g/mol. The van der Waals surface area contributed by atoms with Gasteiger partial charge in [-0.1, -0.05) is 38.0 Å². The number of pyridine rings is 1. The Kier molecular flexibility index (Phi) is 3.04. The van der Waals surface area contributed by atoms with Crippen molar-refractivity contribution >= 4 is 10.9 Å². The maximum absolute atomic E-state index is 6.45. The predicted octanol–water partition coefficient (Wildman–Crippen LogP) is 3.67. The van der Waals surface area contributed by atoms with Crippen LogP contribution in [0.15, 0.2) is 36.5 Å². The van der Waals surface area contributed by atoms with Crippen molar-refractivity contribution in [2.45, 2.75) is 32.2 Å². The van der Waals surface area contributed by atoms with Crippen molar-refractivity contribution in [1.29, 1.82) is 0 Å². The highest BCUT2D eigenvalue weighted by Crippen LogP contribution is 2.39. The van der Waals surface area contributed by atoms with Crippen molar-refractivity contribution in [2.75, 3.05) is 0 Å². The molecule has 1 aromatic carbocycles. The minimum absolute atomic E-state index is 0.161. The van der Waals surface area contributed by atoms with Crippen LogP contribution in [-0.2, 0) is 0 Å². The molecular weight excluding hydrogens is 220 g/mol. The molecule has 0 aliphatic heterocycles. The molecule has 3 rings (SSSR count). The standard InChI is InChI=1S/C16H20N2/c1-11-4-2-6-14(11)16(17)13-8-7-12-5-3-9-18-15(12)10-13/h3,5,7-11,14,16H,2,4,6,17H2,1H3. The molecule has 1 heterocycles. The number of hydrogen-bond acceptors (Lipinski definition) is 2. The van der Waals surface area contributed by atoms with Crippen LogP contribution in [-0.4, -0.2) is 4.98 Å². The van der Waals surface area contributed by atoms with E-state index in [2.05, 4.69) is 36.2 Å². The van der Waals surface area contributed by atoms with Crippen LogP contribution in [0.3, 0.4) is 0 Å². The molecule has 1 fully saturated rings. The van der Waals surface area contributed by atoms with Gasteiger partial charge >= 0.3 is 0 Å². The summed E-state index contributed by atoms with van der Waals surface area (Å²) in [5, 5.41) is 1.19. The maximum Gasteiger partial charge on any atom is 0.0705 e. The molecule has 18 heavy (non-hydrogen) atoms. The minimum atomic E-state index is 0.161. The molecule has 2 heteroatoms. The Morgan fingerprint density at radius 3 is 2.94 bits per heavy atom. The Morgan fingerprint density at radius 2 is 2.17 bits per heavy atom. The van der Waals surface area contributed by atoms with Crippen LogP contribution >= 0.6 is 0 Å². The lowest BCUT2D eigenvalue weighted by Gasteiger charge is -2.23. The van der Waals surface area contributed by atoms with Gasteiger partial charge in [0, 0.05) is 17.6 Å². The third kappa shape index (κ3) is 2.01. The number of rotatable bonds is 2. The summed E-state index contributed by atoms with van der Waals surface area (Å²) in [6, 6.07) is 10.7. The van der Waals surface area contributed by atoms with Crippen molar-refractivity contribution in [2.24, 2.45) is 17.6 Å². The Balaban J connectivity index is 1.93. The summed E-state index contributed by atoms with van der Waals surface area (Å²) in [6.07, 6.45) is 5.76. The first-order valence-corrected chi connectivity index (χ1v) is 6.86. The third-order valence-corrected chi connectivity index (χ3v) is 4.40. The predicted molar refractivity (Wildman–Crippen MR) is 75.2 cm³/mol. The third-order valence-electron chi connectivity index (χ3n) is 4.40. The van der Waals surface area contributed by atoms with E-state index in [0.717, 1.165) is 11.4 Å². The molecule has 1 saturated carbocycles. The molecule has 0 saturated heterocycles. The van der Waals surface area contributed by atoms with E-state index in [9.17, 15) is 0 Å². The lowest BCUT2D eigenvalue weighted by Crippen LogP contribution is -2.23. The van der Waals surface area contributed by atoms with Gasteiger partial charge in [0.25, 0.3) is 0 Å². The van der Waals surface area contributed by atoms with Crippen LogP contribution < -0.4 is 5.73 Å². The van der Waals surface area contributed by atoms with Gasteiger partial charge in [-0.25, -0.2) is 0 Å². The summed E-state index contributed by atoms with van der Waals surface area (Å²) in [6.45, 7) is 2.33. The number of nitrogens with two attached hydrogens (primary N) is 1. The average Bonchev–Trinajstić information content (AvgIpc) is 2.83. The highest BCUT2D eigenvalue weighted by atomic mass is 14.7. The Labute approximate surface area is 108 Å². The lowest BCUT2D eigenvalue weighted by atomic mass is 9.86. The molecule has 1 aliphatic rings. The van der Waals surface area contributed by atoms with E-state index >= 15 is 0 Å². The van der Waals surface area contributed by atoms with Crippen molar-refractivity contribution in [1.82, 2.24) is 4.98 Å². The summed E-state index contributed by atoms with van der Waals surface area (Å²) in [7, 11) is 0. The maximum atomic E-state index is 6.45. The molecule has 94 valence electrons. The van der Waals surface area contributed by atoms with Gasteiger partial charge in [-0.05, 0) is 36.0 Å².